The van der Waals surface area contributed by atoms with E-state index in [4.69, 9.17) is 5.73 Å². The van der Waals surface area contributed by atoms with E-state index in [1.165, 1.54) is 6.42 Å². The maximum absolute atomic E-state index is 11.0. The Morgan fingerprint density at radius 2 is 2.22 bits per heavy atom. The van der Waals surface area contributed by atoms with E-state index in [9.17, 15) is 4.79 Å². The van der Waals surface area contributed by atoms with Crippen molar-refractivity contribution in [2.24, 2.45) is 11.1 Å². The molecule has 0 aromatic heterocycles. The number of hydrogen-bond acceptors (Lipinski definition) is 2. The van der Waals surface area contributed by atoms with Crippen molar-refractivity contribution >= 4 is 5.78 Å². The summed E-state index contributed by atoms with van der Waals surface area (Å²) in [6, 6.07) is 0.207. The molecule has 0 amide bonds. The second-order valence-corrected chi connectivity index (χ2v) is 3.24. The molecule has 0 bridgehead atoms. The Hall–Kier alpha value is -0.370. The van der Waals surface area contributed by atoms with Crippen molar-refractivity contribution in [3.8, 4) is 0 Å². The van der Waals surface area contributed by atoms with Crippen LogP contribution in [-0.4, -0.2) is 11.8 Å². The first-order valence-corrected chi connectivity index (χ1v) is 3.55. The van der Waals surface area contributed by atoms with Crippen molar-refractivity contribution in [3.63, 3.8) is 0 Å². The minimum absolute atomic E-state index is 0. The van der Waals surface area contributed by atoms with E-state index in [0.717, 1.165) is 12.8 Å². The second-order valence-electron chi connectivity index (χ2n) is 3.24. The number of carbonyl (C=O) groups is 1. The van der Waals surface area contributed by atoms with Crippen LogP contribution >= 0.6 is 0 Å². The van der Waals surface area contributed by atoms with E-state index in [1.54, 1.807) is 0 Å². The molecule has 2 aliphatic rings. The molecule has 1 spiro atoms. The highest BCUT2D eigenvalue weighted by Gasteiger charge is 2.56. The molecule has 0 heterocycles. The fourth-order valence-electron chi connectivity index (χ4n) is 1.88. The highest BCUT2D eigenvalue weighted by Crippen LogP contribution is 2.52. The van der Waals surface area contributed by atoms with Crippen LogP contribution < -0.4 is 5.73 Å². The van der Waals surface area contributed by atoms with Gasteiger partial charge < -0.3 is 5.73 Å². The quantitative estimate of drug-likeness (QED) is 0.511. The van der Waals surface area contributed by atoms with Gasteiger partial charge in [0.1, 0.15) is 5.78 Å². The summed E-state index contributed by atoms with van der Waals surface area (Å²) in [5, 5.41) is 0. The molecule has 2 rings (SSSR count). The minimum Gasteiger partial charge on any atom is -0.326 e. The van der Waals surface area contributed by atoms with Crippen LogP contribution in [0.5, 0.6) is 0 Å². The summed E-state index contributed by atoms with van der Waals surface area (Å²) in [6.07, 6.45) is 3.97. The first-order valence-electron chi connectivity index (χ1n) is 3.55. The van der Waals surface area contributed by atoms with Crippen LogP contribution in [0.2, 0.25) is 0 Å². The number of rotatable bonds is 0. The van der Waals surface area contributed by atoms with E-state index in [2.05, 4.69) is 0 Å². The Labute approximate surface area is 54.4 Å². The van der Waals surface area contributed by atoms with Crippen molar-refractivity contribution in [1.29, 1.82) is 0 Å². The third kappa shape index (κ3) is 0.433. The predicted octanol–water partition coefficient (Wildman–Crippen LogP) is 0.457. The predicted molar refractivity (Wildman–Crippen MR) is 33.9 cm³/mol. The second kappa shape index (κ2) is 1.37. The third-order valence-corrected chi connectivity index (χ3v) is 2.92. The number of hydrogen-bond donors (Lipinski definition) is 1. The number of Topliss-reactive ketones (excluding diaryl/α,β-unsaturated/α-hetero) is 1. The van der Waals surface area contributed by atoms with Gasteiger partial charge in [-0.2, -0.15) is 0 Å². The van der Waals surface area contributed by atoms with Gasteiger partial charge in [0.2, 0.25) is 0 Å². The first kappa shape index (κ1) is 5.42. The third-order valence-electron chi connectivity index (χ3n) is 2.92. The maximum atomic E-state index is 11.0. The molecule has 2 N–H and O–H groups in total. The van der Waals surface area contributed by atoms with Gasteiger partial charge in [-0.15, -0.1) is 0 Å². The molecule has 2 fully saturated rings. The van der Waals surface area contributed by atoms with E-state index in [-0.39, 0.29) is 11.5 Å². The molecule has 0 aromatic carbocycles. The average molecular weight is 125 g/mol. The lowest BCUT2D eigenvalue weighted by molar-refractivity contribution is -0.148. The topological polar surface area (TPSA) is 43.1 Å². The molecule has 0 saturated heterocycles. The summed E-state index contributed by atoms with van der Waals surface area (Å²) in [5.74, 6) is 0.418. The zero-order chi connectivity index (χ0) is 6.48. The molecule has 1 atom stereocenters. The fraction of sp³-hybridized carbons (Fsp3) is 0.857. The largest absolute Gasteiger partial charge is 0.326 e. The van der Waals surface area contributed by atoms with Gasteiger partial charge in [0, 0.05) is 17.9 Å². The number of ketones is 1. The van der Waals surface area contributed by atoms with Gasteiger partial charge in [0.25, 0.3) is 0 Å². The van der Waals surface area contributed by atoms with Gasteiger partial charge in [-0.25, -0.2) is 0 Å². The van der Waals surface area contributed by atoms with Gasteiger partial charge in [-0.05, 0) is 12.8 Å². The number of nitrogens with two attached hydrogens (primary N) is 1. The van der Waals surface area contributed by atoms with Crippen molar-refractivity contribution in [3.05, 3.63) is 0 Å². The molecule has 50 valence electrons. The molecule has 0 aliphatic heterocycles. The standard InChI is InChI=1S/C7H11NO/c8-5-4-6(9)7(5)2-1-3-7/h5H,1-4,8H2/t5-/m1/s1. The highest BCUT2D eigenvalue weighted by molar-refractivity contribution is 5.93. The summed E-state index contributed by atoms with van der Waals surface area (Å²) in [7, 11) is 0. The molecule has 2 heteroatoms. The summed E-state index contributed by atoms with van der Waals surface area (Å²) in [4.78, 5) is 11.0. The van der Waals surface area contributed by atoms with Crippen molar-refractivity contribution in [2.75, 3.05) is 0 Å². The van der Waals surface area contributed by atoms with Crippen molar-refractivity contribution in [2.45, 2.75) is 31.7 Å². The zero-order valence-electron chi connectivity index (χ0n) is 5.39. The SMILES string of the molecule is N[C@@H]1CC(=O)C12CCC2. The van der Waals surface area contributed by atoms with Gasteiger partial charge >= 0.3 is 0 Å². The Bertz CT molecular complexity index is 160. The van der Waals surface area contributed by atoms with Gasteiger partial charge in [0.15, 0.2) is 0 Å². The van der Waals surface area contributed by atoms with E-state index < -0.39 is 0 Å². The van der Waals surface area contributed by atoms with Crippen molar-refractivity contribution < 1.29 is 4.79 Å². The Balaban J connectivity index is 2.17. The lowest BCUT2D eigenvalue weighted by atomic mass is 9.52. The minimum atomic E-state index is 0. The van der Waals surface area contributed by atoms with Crippen LogP contribution in [0.4, 0.5) is 0 Å². The van der Waals surface area contributed by atoms with E-state index >= 15 is 0 Å². The monoisotopic (exact) mass is 125 g/mol. The molecular formula is C7H11NO. The van der Waals surface area contributed by atoms with Crippen LogP contribution in [0.25, 0.3) is 0 Å². The summed E-state index contributed by atoms with van der Waals surface area (Å²) >= 11 is 0. The smallest absolute Gasteiger partial charge is 0.142 e. The van der Waals surface area contributed by atoms with E-state index in [1.807, 2.05) is 0 Å². The van der Waals surface area contributed by atoms with Crippen LogP contribution in [0.1, 0.15) is 25.7 Å². The molecule has 2 saturated carbocycles. The van der Waals surface area contributed by atoms with Gasteiger partial charge in [0.05, 0.1) is 0 Å². The average Bonchev–Trinajstić information content (AvgIpc) is 1.60. The Morgan fingerprint density at radius 3 is 2.33 bits per heavy atom. The molecule has 0 radical (unpaired) electrons. The highest BCUT2D eigenvalue weighted by atomic mass is 16.1. The lowest BCUT2D eigenvalue weighted by Gasteiger charge is -2.52. The maximum Gasteiger partial charge on any atom is 0.142 e. The van der Waals surface area contributed by atoms with Crippen LogP contribution in [0.15, 0.2) is 0 Å². The summed E-state index contributed by atoms with van der Waals surface area (Å²) in [6.45, 7) is 0. The molecule has 0 aromatic rings. The van der Waals surface area contributed by atoms with Gasteiger partial charge in [-0.1, -0.05) is 6.42 Å². The van der Waals surface area contributed by atoms with Crippen LogP contribution in [-0.2, 0) is 4.79 Å². The molecule has 2 nitrogen and oxygen atoms in total. The van der Waals surface area contributed by atoms with Crippen molar-refractivity contribution in [1.82, 2.24) is 0 Å². The fourth-order valence-corrected chi connectivity index (χ4v) is 1.88. The molecule has 0 unspecified atom stereocenters. The zero-order valence-corrected chi connectivity index (χ0v) is 5.39. The number of carbonyl (C=O) groups excluding carboxylic acids is 1. The van der Waals surface area contributed by atoms with Crippen LogP contribution in [0, 0.1) is 5.41 Å². The molecule has 9 heavy (non-hydrogen) atoms. The van der Waals surface area contributed by atoms with Gasteiger partial charge in [-0.3, -0.25) is 4.79 Å². The molecular weight excluding hydrogens is 114 g/mol. The first-order chi connectivity index (χ1) is 4.26. The normalized spacial score (nSPS) is 37.9. The van der Waals surface area contributed by atoms with Crippen LogP contribution in [0.3, 0.4) is 0 Å². The summed E-state index contributed by atoms with van der Waals surface area (Å²) in [5.41, 5.74) is 5.69. The Morgan fingerprint density at radius 1 is 1.56 bits per heavy atom. The Kier molecular flexibility index (Phi) is 0.826. The van der Waals surface area contributed by atoms with E-state index in [0.29, 0.717) is 12.2 Å². The lowest BCUT2D eigenvalue weighted by Crippen LogP contribution is -2.62. The molecule has 2 aliphatic carbocycles. The summed E-state index contributed by atoms with van der Waals surface area (Å²) < 4.78 is 0.